The van der Waals surface area contributed by atoms with Crippen molar-refractivity contribution in [3.05, 3.63) is 86.1 Å². The molecular formula is C21H20N4O5. The molecule has 1 aliphatic heterocycles. The number of nitrogens with one attached hydrogen (secondary N) is 3. The van der Waals surface area contributed by atoms with E-state index in [-0.39, 0.29) is 11.4 Å². The first-order valence-corrected chi connectivity index (χ1v) is 9.23. The molecule has 0 aliphatic carbocycles. The van der Waals surface area contributed by atoms with E-state index in [1.54, 1.807) is 18.2 Å². The zero-order valence-corrected chi connectivity index (χ0v) is 16.4. The number of aromatic nitrogens is 2. The van der Waals surface area contributed by atoms with Crippen molar-refractivity contribution < 1.29 is 14.3 Å². The lowest BCUT2D eigenvalue weighted by Gasteiger charge is -2.28. The summed E-state index contributed by atoms with van der Waals surface area (Å²) in [4.78, 5) is 38.8. The Balaban J connectivity index is 1.70. The van der Waals surface area contributed by atoms with Gasteiger partial charge in [-0.05, 0) is 23.3 Å². The van der Waals surface area contributed by atoms with E-state index in [2.05, 4.69) is 15.6 Å². The van der Waals surface area contributed by atoms with Crippen molar-refractivity contribution in [1.29, 1.82) is 0 Å². The molecule has 30 heavy (non-hydrogen) atoms. The van der Waals surface area contributed by atoms with E-state index >= 15 is 0 Å². The van der Waals surface area contributed by atoms with Gasteiger partial charge in [0.15, 0.2) is 11.5 Å². The highest BCUT2D eigenvalue weighted by Crippen LogP contribution is 2.34. The van der Waals surface area contributed by atoms with Crippen LogP contribution in [0.5, 0.6) is 11.5 Å². The zero-order valence-electron chi connectivity index (χ0n) is 16.4. The summed E-state index contributed by atoms with van der Waals surface area (Å²) in [6.07, 6.45) is 0. The van der Waals surface area contributed by atoms with E-state index in [0.717, 1.165) is 5.56 Å². The number of hydrogen-bond donors (Lipinski definition) is 3. The number of aromatic amines is 1. The first-order chi connectivity index (χ1) is 14.5. The Morgan fingerprint density at radius 3 is 2.53 bits per heavy atom. The maximum Gasteiger partial charge on any atom is 0.329 e. The number of fused-ring (bicyclic) bond motifs is 1. The van der Waals surface area contributed by atoms with Gasteiger partial charge < -0.3 is 14.8 Å². The number of rotatable bonds is 5. The summed E-state index contributed by atoms with van der Waals surface area (Å²) in [6, 6.07) is 13.6. The van der Waals surface area contributed by atoms with Crippen LogP contribution in [-0.2, 0) is 13.7 Å². The number of nitrogens with zero attached hydrogens (tertiary/aromatic N) is 1. The summed E-state index contributed by atoms with van der Waals surface area (Å²) in [5.74, 6) is 1.14. The fourth-order valence-electron chi connectivity index (χ4n) is 3.37. The largest absolute Gasteiger partial charge is 0.493 e. The molecule has 154 valence electrons. The lowest BCUT2D eigenvalue weighted by molar-refractivity contribution is 0.248. The molecule has 9 nitrogen and oxygen atoms in total. The third-order valence-corrected chi connectivity index (χ3v) is 4.91. The van der Waals surface area contributed by atoms with E-state index in [4.69, 9.17) is 9.47 Å². The normalized spacial score (nSPS) is 15.0. The minimum Gasteiger partial charge on any atom is -0.493 e. The van der Waals surface area contributed by atoms with E-state index in [0.29, 0.717) is 23.7 Å². The summed E-state index contributed by atoms with van der Waals surface area (Å²) < 4.78 is 12.5. The van der Waals surface area contributed by atoms with Gasteiger partial charge in [-0.25, -0.2) is 9.59 Å². The molecule has 1 aliphatic rings. The molecule has 1 aromatic heterocycles. The van der Waals surface area contributed by atoms with Crippen LogP contribution in [-0.4, -0.2) is 22.7 Å². The summed E-state index contributed by atoms with van der Waals surface area (Å²) in [5.41, 5.74) is 0.669. The van der Waals surface area contributed by atoms with Gasteiger partial charge in [0.05, 0.1) is 18.7 Å². The Labute approximate surface area is 171 Å². The molecule has 0 fully saturated rings. The van der Waals surface area contributed by atoms with Crippen molar-refractivity contribution in [3.63, 3.8) is 0 Å². The minimum absolute atomic E-state index is 0.154. The van der Waals surface area contributed by atoms with Gasteiger partial charge in [0.25, 0.3) is 5.56 Å². The third kappa shape index (κ3) is 3.52. The molecule has 3 N–H and O–H groups in total. The van der Waals surface area contributed by atoms with Gasteiger partial charge in [0, 0.05) is 7.05 Å². The maximum absolute atomic E-state index is 12.5. The SMILES string of the molecule is COc1cc(C2NC(=O)Nc3c2c(=O)[nH]c(=O)n3C)ccc1OCc1ccccc1. The van der Waals surface area contributed by atoms with Crippen LogP contribution in [0.25, 0.3) is 0 Å². The number of amides is 2. The molecule has 1 atom stereocenters. The third-order valence-electron chi connectivity index (χ3n) is 4.91. The Morgan fingerprint density at radius 1 is 1.03 bits per heavy atom. The van der Waals surface area contributed by atoms with Gasteiger partial charge in [-0.2, -0.15) is 0 Å². The number of carbonyl (C=O) groups is 1. The van der Waals surface area contributed by atoms with E-state index in [1.807, 2.05) is 30.3 Å². The van der Waals surface area contributed by atoms with E-state index < -0.39 is 23.3 Å². The number of urea groups is 1. The van der Waals surface area contributed by atoms with Crippen molar-refractivity contribution in [1.82, 2.24) is 14.9 Å². The monoisotopic (exact) mass is 408 g/mol. The highest BCUT2D eigenvalue weighted by Gasteiger charge is 2.31. The van der Waals surface area contributed by atoms with Gasteiger partial charge in [-0.15, -0.1) is 0 Å². The first kappa shape index (κ1) is 19.3. The molecule has 0 saturated heterocycles. The van der Waals surface area contributed by atoms with Crippen LogP contribution in [0.1, 0.15) is 22.7 Å². The molecule has 1 unspecified atom stereocenters. The quantitative estimate of drug-likeness (QED) is 0.596. The van der Waals surface area contributed by atoms with Crippen molar-refractivity contribution in [3.8, 4) is 11.5 Å². The molecule has 0 saturated carbocycles. The zero-order chi connectivity index (χ0) is 21.3. The van der Waals surface area contributed by atoms with Crippen molar-refractivity contribution in [2.75, 3.05) is 12.4 Å². The van der Waals surface area contributed by atoms with E-state index in [1.165, 1.54) is 18.7 Å². The van der Waals surface area contributed by atoms with Crippen LogP contribution >= 0.6 is 0 Å². The molecule has 0 spiro atoms. The minimum atomic E-state index is -0.763. The molecule has 2 heterocycles. The summed E-state index contributed by atoms with van der Waals surface area (Å²) in [5, 5.41) is 5.25. The Morgan fingerprint density at radius 2 is 1.80 bits per heavy atom. The van der Waals surface area contributed by atoms with Gasteiger partial charge in [0.2, 0.25) is 0 Å². The number of hydrogen-bond acceptors (Lipinski definition) is 5. The van der Waals surface area contributed by atoms with Crippen LogP contribution in [0, 0.1) is 0 Å². The molecule has 9 heteroatoms. The average Bonchev–Trinajstić information content (AvgIpc) is 2.76. The lowest BCUT2D eigenvalue weighted by Crippen LogP contribution is -2.46. The number of methoxy groups -OCH3 is 1. The van der Waals surface area contributed by atoms with Gasteiger partial charge in [0.1, 0.15) is 12.4 Å². The second-order valence-electron chi connectivity index (χ2n) is 6.80. The standard InChI is InChI=1S/C21H20N4O5/c1-25-18-16(19(26)24-21(25)28)17(22-20(27)23-18)13-8-9-14(15(10-13)29-2)30-11-12-6-4-3-5-7-12/h3-10,17H,11H2,1-2H3,(H2,22,23,27)(H,24,26,28). The Kier molecular flexibility index (Phi) is 5.01. The molecule has 3 aromatic rings. The number of ether oxygens (including phenoxy) is 2. The average molecular weight is 408 g/mol. The van der Waals surface area contributed by atoms with Gasteiger partial charge in [-0.3, -0.25) is 19.7 Å². The second kappa shape index (κ2) is 7.78. The molecule has 2 aromatic carbocycles. The summed E-state index contributed by atoms with van der Waals surface area (Å²) in [6.45, 7) is 0.366. The van der Waals surface area contributed by atoms with E-state index in [9.17, 15) is 14.4 Å². The summed E-state index contributed by atoms with van der Waals surface area (Å²) >= 11 is 0. The fourth-order valence-corrected chi connectivity index (χ4v) is 3.37. The van der Waals surface area contributed by atoms with Crippen LogP contribution in [0.3, 0.4) is 0 Å². The van der Waals surface area contributed by atoms with Gasteiger partial charge in [-0.1, -0.05) is 36.4 Å². The predicted octanol–water partition coefficient (Wildman–Crippen LogP) is 1.89. The fraction of sp³-hybridized carbons (Fsp3) is 0.190. The number of anilines is 1. The van der Waals surface area contributed by atoms with Gasteiger partial charge >= 0.3 is 11.7 Å². The Bertz CT molecular complexity index is 1220. The highest BCUT2D eigenvalue weighted by atomic mass is 16.5. The van der Waals surface area contributed by atoms with Crippen LogP contribution < -0.4 is 31.4 Å². The molecule has 0 bridgehead atoms. The van der Waals surface area contributed by atoms with Crippen molar-refractivity contribution in [2.24, 2.45) is 7.05 Å². The Hall–Kier alpha value is -4.01. The van der Waals surface area contributed by atoms with Crippen LogP contribution in [0.4, 0.5) is 10.6 Å². The highest BCUT2D eigenvalue weighted by molar-refractivity contribution is 5.92. The summed E-state index contributed by atoms with van der Waals surface area (Å²) in [7, 11) is 2.99. The topological polar surface area (TPSA) is 114 Å². The molecule has 2 amide bonds. The number of carbonyl (C=O) groups excluding carboxylic acids is 1. The van der Waals surface area contributed by atoms with Crippen LogP contribution in [0.2, 0.25) is 0 Å². The second-order valence-corrected chi connectivity index (χ2v) is 6.80. The molecule has 4 rings (SSSR count). The number of benzene rings is 2. The predicted molar refractivity (Wildman–Crippen MR) is 110 cm³/mol. The van der Waals surface area contributed by atoms with Crippen LogP contribution in [0.15, 0.2) is 58.1 Å². The lowest BCUT2D eigenvalue weighted by atomic mass is 9.98. The van der Waals surface area contributed by atoms with Crippen molar-refractivity contribution in [2.45, 2.75) is 12.6 Å². The smallest absolute Gasteiger partial charge is 0.329 e. The molecule has 0 radical (unpaired) electrons. The maximum atomic E-state index is 12.5. The van der Waals surface area contributed by atoms with Crippen molar-refractivity contribution >= 4 is 11.8 Å². The number of H-pyrrole nitrogens is 1. The molecular weight excluding hydrogens is 388 g/mol. The first-order valence-electron chi connectivity index (χ1n) is 9.23.